The van der Waals surface area contributed by atoms with Crippen LogP contribution in [0.1, 0.15) is 34.4 Å². The van der Waals surface area contributed by atoms with Crippen LogP contribution in [0.4, 0.5) is 0 Å². The van der Waals surface area contributed by atoms with E-state index < -0.39 is 0 Å². The third kappa shape index (κ3) is 5.14. The Morgan fingerprint density at radius 3 is 2.91 bits per heavy atom. The van der Waals surface area contributed by atoms with E-state index in [1.54, 1.807) is 30.0 Å². The molecule has 0 fully saturated rings. The Morgan fingerprint density at radius 2 is 2.22 bits per heavy atom. The standard InChI is InChI=1S/C15H17Cl2N3O2S/c1-23-5-4-12(18)15-20-13(8-22-15)14(21)19-7-9-2-3-10(16)11(17)6-9/h2-3,6,8,12H,4-5,7,18H2,1H3,(H,19,21). The number of aromatic nitrogens is 1. The number of rotatable bonds is 7. The fourth-order valence-electron chi connectivity index (χ4n) is 1.85. The van der Waals surface area contributed by atoms with Crippen LogP contribution in [0.15, 0.2) is 28.9 Å². The van der Waals surface area contributed by atoms with Crippen molar-refractivity contribution in [3.8, 4) is 0 Å². The van der Waals surface area contributed by atoms with Crippen LogP contribution in [0.3, 0.4) is 0 Å². The molecule has 1 unspecified atom stereocenters. The molecular formula is C15H17Cl2N3O2S. The number of hydrogen-bond donors (Lipinski definition) is 2. The molecule has 0 spiro atoms. The largest absolute Gasteiger partial charge is 0.446 e. The molecule has 0 aliphatic heterocycles. The van der Waals surface area contributed by atoms with Crippen molar-refractivity contribution in [1.29, 1.82) is 0 Å². The molecule has 0 saturated carbocycles. The molecule has 2 aromatic rings. The Morgan fingerprint density at radius 1 is 1.43 bits per heavy atom. The molecule has 5 nitrogen and oxygen atoms in total. The lowest BCUT2D eigenvalue weighted by Gasteiger charge is -2.05. The van der Waals surface area contributed by atoms with Gasteiger partial charge >= 0.3 is 0 Å². The third-order valence-electron chi connectivity index (χ3n) is 3.14. The molecule has 0 saturated heterocycles. The van der Waals surface area contributed by atoms with Crippen LogP contribution in [-0.4, -0.2) is 22.9 Å². The molecule has 1 heterocycles. The number of nitrogens with one attached hydrogen (secondary N) is 1. The molecule has 1 atom stereocenters. The Bertz CT molecular complexity index is 678. The lowest BCUT2D eigenvalue weighted by Crippen LogP contribution is -2.23. The summed E-state index contributed by atoms with van der Waals surface area (Å²) in [5, 5.41) is 3.67. The Kier molecular flexibility index (Phi) is 6.77. The quantitative estimate of drug-likeness (QED) is 0.773. The predicted molar refractivity (Wildman–Crippen MR) is 94.1 cm³/mol. The minimum absolute atomic E-state index is 0.208. The zero-order valence-electron chi connectivity index (χ0n) is 12.5. The second-order valence-corrected chi connectivity index (χ2v) is 6.69. The van der Waals surface area contributed by atoms with Gasteiger partial charge in [0.2, 0.25) is 5.89 Å². The maximum Gasteiger partial charge on any atom is 0.273 e. The van der Waals surface area contributed by atoms with Crippen LogP contribution in [0.2, 0.25) is 10.0 Å². The number of nitrogens with two attached hydrogens (primary N) is 1. The van der Waals surface area contributed by atoms with Crippen LogP contribution < -0.4 is 11.1 Å². The summed E-state index contributed by atoms with van der Waals surface area (Å²) in [6, 6.07) is 4.88. The summed E-state index contributed by atoms with van der Waals surface area (Å²) < 4.78 is 5.29. The number of carbonyl (C=O) groups is 1. The first-order chi connectivity index (χ1) is 11.0. The first kappa shape index (κ1) is 18.1. The number of nitrogens with zero attached hydrogens (tertiary/aromatic N) is 1. The van der Waals surface area contributed by atoms with E-state index in [1.165, 1.54) is 6.26 Å². The first-order valence-corrected chi connectivity index (χ1v) is 9.08. The van der Waals surface area contributed by atoms with Crippen LogP contribution in [-0.2, 0) is 6.54 Å². The van der Waals surface area contributed by atoms with E-state index in [-0.39, 0.29) is 17.6 Å². The Balaban J connectivity index is 1.93. The van der Waals surface area contributed by atoms with E-state index in [4.69, 9.17) is 33.4 Å². The highest BCUT2D eigenvalue weighted by Gasteiger charge is 2.16. The Labute approximate surface area is 148 Å². The molecule has 1 aromatic carbocycles. The molecule has 1 aromatic heterocycles. The molecule has 1 amide bonds. The number of halogens is 2. The van der Waals surface area contributed by atoms with Gasteiger partial charge in [0.1, 0.15) is 6.26 Å². The second kappa shape index (κ2) is 8.59. The molecule has 0 aliphatic carbocycles. The van der Waals surface area contributed by atoms with Gasteiger partial charge in [0.15, 0.2) is 5.69 Å². The third-order valence-corrected chi connectivity index (χ3v) is 4.52. The average Bonchev–Trinajstić information content (AvgIpc) is 3.03. The molecule has 8 heteroatoms. The van der Waals surface area contributed by atoms with Gasteiger partial charge in [0, 0.05) is 6.54 Å². The lowest BCUT2D eigenvalue weighted by atomic mass is 10.2. The minimum atomic E-state index is -0.330. The van der Waals surface area contributed by atoms with E-state index in [2.05, 4.69) is 10.3 Å². The topological polar surface area (TPSA) is 81.1 Å². The van der Waals surface area contributed by atoms with Gasteiger partial charge in [-0.3, -0.25) is 4.79 Å². The van der Waals surface area contributed by atoms with Crippen molar-refractivity contribution in [3.63, 3.8) is 0 Å². The maximum atomic E-state index is 12.1. The zero-order chi connectivity index (χ0) is 16.8. The van der Waals surface area contributed by atoms with Crippen molar-refractivity contribution in [3.05, 3.63) is 51.7 Å². The monoisotopic (exact) mass is 373 g/mol. The zero-order valence-corrected chi connectivity index (χ0v) is 14.8. The molecule has 3 N–H and O–H groups in total. The van der Waals surface area contributed by atoms with Crippen LogP contribution in [0.25, 0.3) is 0 Å². The van der Waals surface area contributed by atoms with Crippen molar-refractivity contribution >= 4 is 40.9 Å². The van der Waals surface area contributed by atoms with E-state index in [9.17, 15) is 4.79 Å². The smallest absolute Gasteiger partial charge is 0.273 e. The number of oxazole rings is 1. The van der Waals surface area contributed by atoms with Crippen molar-refractivity contribution in [2.45, 2.75) is 19.0 Å². The highest BCUT2D eigenvalue weighted by Crippen LogP contribution is 2.22. The van der Waals surface area contributed by atoms with Gasteiger partial charge in [-0.25, -0.2) is 4.98 Å². The number of amides is 1. The maximum absolute atomic E-state index is 12.1. The number of hydrogen-bond acceptors (Lipinski definition) is 5. The van der Waals surface area contributed by atoms with Crippen molar-refractivity contribution in [2.75, 3.05) is 12.0 Å². The van der Waals surface area contributed by atoms with Crippen LogP contribution in [0, 0.1) is 0 Å². The van der Waals surface area contributed by atoms with Gasteiger partial charge < -0.3 is 15.5 Å². The first-order valence-electron chi connectivity index (χ1n) is 6.93. The molecule has 23 heavy (non-hydrogen) atoms. The van der Waals surface area contributed by atoms with Gasteiger partial charge in [-0.2, -0.15) is 11.8 Å². The van der Waals surface area contributed by atoms with Gasteiger partial charge in [0.25, 0.3) is 5.91 Å². The number of carbonyl (C=O) groups excluding carboxylic acids is 1. The van der Waals surface area contributed by atoms with Crippen LogP contribution in [0.5, 0.6) is 0 Å². The fourth-order valence-corrected chi connectivity index (χ4v) is 2.66. The normalized spacial score (nSPS) is 12.2. The highest BCUT2D eigenvalue weighted by molar-refractivity contribution is 7.98. The van der Waals surface area contributed by atoms with Crippen molar-refractivity contribution in [1.82, 2.24) is 10.3 Å². The lowest BCUT2D eigenvalue weighted by molar-refractivity contribution is 0.0946. The summed E-state index contributed by atoms with van der Waals surface area (Å²) in [4.78, 5) is 16.2. The molecule has 124 valence electrons. The second-order valence-electron chi connectivity index (χ2n) is 4.89. The molecule has 2 rings (SSSR count). The Hall–Kier alpha value is -1.21. The summed E-state index contributed by atoms with van der Waals surface area (Å²) in [5.41, 5.74) is 7.01. The molecule has 0 bridgehead atoms. The summed E-state index contributed by atoms with van der Waals surface area (Å²) in [6.07, 6.45) is 4.06. The van der Waals surface area contributed by atoms with Gasteiger partial charge in [-0.1, -0.05) is 29.3 Å². The summed E-state index contributed by atoms with van der Waals surface area (Å²) >= 11 is 13.5. The van der Waals surface area contributed by atoms with E-state index in [0.717, 1.165) is 17.7 Å². The SMILES string of the molecule is CSCCC(N)c1nc(C(=O)NCc2ccc(Cl)c(Cl)c2)co1. The average molecular weight is 374 g/mol. The van der Waals surface area contributed by atoms with E-state index >= 15 is 0 Å². The summed E-state index contributed by atoms with van der Waals surface area (Å²) in [6.45, 7) is 0.316. The molecule has 0 aliphatic rings. The fraction of sp³-hybridized carbons (Fsp3) is 0.333. The van der Waals surface area contributed by atoms with Gasteiger partial charge in [-0.15, -0.1) is 0 Å². The predicted octanol–water partition coefficient (Wildman–Crippen LogP) is 3.66. The van der Waals surface area contributed by atoms with Crippen molar-refractivity contribution in [2.24, 2.45) is 5.73 Å². The van der Waals surface area contributed by atoms with Gasteiger partial charge in [0.05, 0.1) is 16.1 Å². The summed E-state index contributed by atoms with van der Waals surface area (Å²) in [5.74, 6) is 0.949. The highest BCUT2D eigenvalue weighted by atomic mass is 35.5. The molecular weight excluding hydrogens is 357 g/mol. The minimum Gasteiger partial charge on any atom is -0.446 e. The number of benzene rings is 1. The van der Waals surface area contributed by atoms with Crippen LogP contribution >= 0.6 is 35.0 Å². The van der Waals surface area contributed by atoms with Crippen molar-refractivity contribution < 1.29 is 9.21 Å². The number of thioether (sulfide) groups is 1. The summed E-state index contributed by atoms with van der Waals surface area (Å²) in [7, 11) is 0. The van der Waals surface area contributed by atoms with Gasteiger partial charge in [-0.05, 0) is 36.1 Å². The van der Waals surface area contributed by atoms with E-state index in [1.807, 2.05) is 6.26 Å². The molecule has 0 radical (unpaired) electrons. The van der Waals surface area contributed by atoms with E-state index in [0.29, 0.717) is 22.5 Å².